The largest absolute Gasteiger partial charge is 0.481 e. The highest BCUT2D eigenvalue weighted by Crippen LogP contribution is 2.51. The molecule has 4 aromatic rings. The minimum atomic E-state index is -0.838. The summed E-state index contributed by atoms with van der Waals surface area (Å²) in [5, 5.41) is 13.9. The molecule has 0 radical (unpaired) electrons. The highest BCUT2D eigenvalue weighted by Gasteiger charge is 2.54. The second-order valence-electron chi connectivity index (χ2n) is 7.95. The van der Waals surface area contributed by atoms with Gasteiger partial charge in [0, 0.05) is 10.6 Å². The van der Waals surface area contributed by atoms with Crippen molar-refractivity contribution in [3.63, 3.8) is 0 Å². The van der Waals surface area contributed by atoms with Gasteiger partial charge in [-0.2, -0.15) is 4.37 Å². The number of carboxylic acids is 1. The van der Waals surface area contributed by atoms with Crippen molar-refractivity contribution >= 4 is 73.2 Å². The lowest BCUT2D eigenvalue weighted by Gasteiger charge is -2.15. The van der Waals surface area contributed by atoms with Crippen molar-refractivity contribution in [3.05, 3.63) is 55.4 Å². The number of rotatable bonds is 5. The fraction of sp³-hybridized carbons (Fsp3) is 0.261. The molecule has 1 aromatic carbocycles. The number of carbonyl (C=O) groups is 2. The van der Waals surface area contributed by atoms with Crippen LogP contribution in [0.3, 0.4) is 0 Å². The summed E-state index contributed by atoms with van der Waals surface area (Å²) in [7, 11) is 0. The van der Waals surface area contributed by atoms with E-state index in [1.165, 1.54) is 22.7 Å². The lowest BCUT2D eigenvalue weighted by atomic mass is 10.1. The number of halogens is 1. The summed E-state index contributed by atoms with van der Waals surface area (Å²) in [6, 6.07) is 7.18. The number of hydrogen-bond donors (Lipinski definition) is 2. The van der Waals surface area contributed by atoms with Gasteiger partial charge < -0.3 is 9.84 Å². The zero-order valence-corrected chi connectivity index (χ0v) is 21.6. The molecule has 35 heavy (non-hydrogen) atoms. The SMILES string of the molecule is Cc1nsc(C#Cc2nc3nc(C4(C(=O)O)CC4)sc3s2)c1NC(=O)OC(C)c1ccccc1Cl. The van der Waals surface area contributed by atoms with Gasteiger partial charge in [-0.3, -0.25) is 10.1 Å². The van der Waals surface area contributed by atoms with Crippen molar-refractivity contribution in [2.75, 3.05) is 5.32 Å². The zero-order chi connectivity index (χ0) is 24.7. The quantitative estimate of drug-likeness (QED) is 0.296. The van der Waals surface area contributed by atoms with E-state index in [-0.39, 0.29) is 0 Å². The second kappa shape index (κ2) is 9.20. The highest BCUT2D eigenvalue weighted by atomic mass is 35.5. The Morgan fingerprint density at radius 2 is 2.00 bits per heavy atom. The van der Waals surface area contributed by atoms with Gasteiger partial charge in [0.2, 0.25) is 0 Å². The number of nitrogens with one attached hydrogen (secondary N) is 1. The molecule has 1 unspecified atom stereocenters. The number of carbonyl (C=O) groups excluding carboxylic acids is 1. The molecule has 3 heterocycles. The number of aliphatic carboxylic acids is 1. The van der Waals surface area contributed by atoms with Crippen LogP contribution in [-0.4, -0.2) is 31.5 Å². The van der Waals surface area contributed by atoms with Gasteiger partial charge in [0.05, 0.1) is 11.4 Å². The summed E-state index contributed by atoms with van der Waals surface area (Å²) < 4.78 is 10.6. The predicted octanol–water partition coefficient (Wildman–Crippen LogP) is 6.00. The van der Waals surface area contributed by atoms with Gasteiger partial charge >= 0.3 is 12.1 Å². The molecule has 0 saturated heterocycles. The van der Waals surface area contributed by atoms with Crippen LogP contribution in [0.5, 0.6) is 0 Å². The predicted molar refractivity (Wildman–Crippen MR) is 137 cm³/mol. The molecule has 12 heteroatoms. The number of aryl methyl sites for hydroxylation is 1. The topological polar surface area (TPSA) is 114 Å². The van der Waals surface area contributed by atoms with Gasteiger partial charge in [-0.15, -0.1) is 11.3 Å². The fourth-order valence-corrected chi connectivity index (χ4v) is 6.62. The van der Waals surface area contributed by atoms with Gasteiger partial charge in [-0.1, -0.05) is 41.1 Å². The van der Waals surface area contributed by atoms with Gasteiger partial charge in [-0.05, 0) is 56.1 Å². The number of thiazole rings is 2. The normalized spacial score (nSPS) is 14.7. The first-order chi connectivity index (χ1) is 16.8. The third-order valence-corrected chi connectivity index (χ3v) is 9.04. The second-order valence-corrected chi connectivity index (χ2v) is 11.4. The van der Waals surface area contributed by atoms with Crippen molar-refractivity contribution in [2.24, 2.45) is 0 Å². The van der Waals surface area contributed by atoms with Crippen LogP contribution < -0.4 is 5.32 Å². The van der Waals surface area contributed by atoms with Crippen LogP contribution in [-0.2, 0) is 14.9 Å². The number of amides is 1. The summed E-state index contributed by atoms with van der Waals surface area (Å²) in [6.07, 6.45) is 0.0375. The van der Waals surface area contributed by atoms with Crippen molar-refractivity contribution in [1.82, 2.24) is 14.3 Å². The van der Waals surface area contributed by atoms with E-state index in [4.69, 9.17) is 16.3 Å². The lowest BCUT2D eigenvalue weighted by molar-refractivity contribution is -0.140. The molecule has 3 aromatic heterocycles. The average molecular weight is 545 g/mol. The van der Waals surface area contributed by atoms with Crippen LogP contribution in [0.4, 0.5) is 10.5 Å². The van der Waals surface area contributed by atoms with E-state index in [1.54, 1.807) is 26.0 Å². The smallest absolute Gasteiger partial charge is 0.412 e. The molecule has 1 aliphatic carbocycles. The Kier molecular flexibility index (Phi) is 6.23. The molecular weight excluding hydrogens is 528 g/mol. The van der Waals surface area contributed by atoms with Crippen molar-refractivity contribution in [2.45, 2.75) is 38.2 Å². The first kappa shape index (κ1) is 23.7. The van der Waals surface area contributed by atoms with E-state index in [0.717, 1.165) is 15.5 Å². The molecule has 178 valence electrons. The van der Waals surface area contributed by atoms with Crippen LogP contribution >= 0.6 is 45.8 Å². The Bertz CT molecular complexity index is 1490. The molecule has 1 fully saturated rings. The lowest BCUT2D eigenvalue weighted by Crippen LogP contribution is -2.18. The monoisotopic (exact) mass is 544 g/mol. The molecule has 0 spiro atoms. The Hall–Kier alpha value is -3.04. The minimum Gasteiger partial charge on any atom is -0.481 e. The molecule has 8 nitrogen and oxygen atoms in total. The van der Waals surface area contributed by atoms with Crippen LogP contribution in [0.1, 0.15) is 52.0 Å². The zero-order valence-electron chi connectivity index (χ0n) is 18.4. The van der Waals surface area contributed by atoms with Crippen molar-refractivity contribution in [3.8, 4) is 11.8 Å². The van der Waals surface area contributed by atoms with E-state index in [1.807, 2.05) is 12.1 Å². The van der Waals surface area contributed by atoms with Gasteiger partial charge in [0.1, 0.15) is 25.4 Å². The number of ether oxygens (including phenoxy) is 1. The van der Waals surface area contributed by atoms with Crippen LogP contribution in [0, 0.1) is 18.8 Å². The highest BCUT2D eigenvalue weighted by molar-refractivity contribution is 7.38. The maximum atomic E-state index is 12.5. The minimum absolute atomic E-state index is 0.481. The van der Waals surface area contributed by atoms with Crippen LogP contribution in [0.25, 0.3) is 9.66 Å². The molecule has 1 saturated carbocycles. The van der Waals surface area contributed by atoms with E-state index in [0.29, 0.717) is 55.3 Å². The van der Waals surface area contributed by atoms with Crippen LogP contribution in [0.15, 0.2) is 24.3 Å². The Balaban J connectivity index is 1.30. The van der Waals surface area contributed by atoms with Gasteiger partial charge in [0.25, 0.3) is 0 Å². The Morgan fingerprint density at radius 3 is 2.69 bits per heavy atom. The molecule has 1 atom stereocenters. The standard InChI is InChI=1S/C23H17ClN4O4S3/c1-11-17(26-22(31)32-12(2)13-5-3-4-6-14(13)24)15(35-28-11)7-8-16-25-18-19(33-16)34-20(27-18)23(9-10-23)21(29)30/h3-6,12H,9-10H2,1-2H3,(H,26,31)(H,29,30). The van der Waals surface area contributed by atoms with Crippen molar-refractivity contribution < 1.29 is 19.4 Å². The first-order valence-corrected chi connectivity index (χ1v) is 13.3. The summed E-state index contributed by atoms with van der Waals surface area (Å²) in [5.74, 6) is 5.19. The van der Waals surface area contributed by atoms with Gasteiger partial charge in [0.15, 0.2) is 10.7 Å². The number of fused-ring (bicyclic) bond motifs is 1. The summed E-state index contributed by atoms with van der Waals surface area (Å²) in [4.78, 5) is 33.5. The third kappa shape index (κ3) is 4.62. The molecule has 0 aliphatic heterocycles. The summed E-state index contributed by atoms with van der Waals surface area (Å²) in [6.45, 7) is 3.52. The molecule has 2 N–H and O–H groups in total. The molecule has 1 aliphatic rings. The maximum Gasteiger partial charge on any atom is 0.412 e. The Labute approximate surface area is 217 Å². The van der Waals surface area contributed by atoms with E-state index in [2.05, 4.69) is 31.5 Å². The summed E-state index contributed by atoms with van der Waals surface area (Å²) >= 11 is 10.1. The number of hydrogen-bond acceptors (Lipinski definition) is 9. The van der Waals surface area contributed by atoms with Crippen molar-refractivity contribution in [1.29, 1.82) is 0 Å². The molecule has 5 rings (SSSR count). The van der Waals surface area contributed by atoms with E-state index >= 15 is 0 Å². The molecular formula is C23H17ClN4O4S3. The molecule has 0 bridgehead atoms. The Morgan fingerprint density at radius 1 is 1.23 bits per heavy atom. The van der Waals surface area contributed by atoms with E-state index < -0.39 is 23.6 Å². The number of anilines is 1. The number of carboxylic acid groups (broad SMARTS) is 1. The average Bonchev–Trinajstić information content (AvgIpc) is 3.25. The van der Waals surface area contributed by atoms with Gasteiger partial charge in [-0.25, -0.2) is 14.8 Å². The number of aromatic nitrogens is 3. The number of benzene rings is 1. The number of nitrogens with zero attached hydrogens (tertiary/aromatic N) is 3. The first-order valence-electron chi connectivity index (χ1n) is 10.5. The third-order valence-electron chi connectivity index (χ3n) is 5.54. The molecule has 1 amide bonds. The fourth-order valence-electron chi connectivity index (χ4n) is 3.42. The summed E-state index contributed by atoms with van der Waals surface area (Å²) in [5.41, 5.74) is 1.49. The van der Waals surface area contributed by atoms with E-state index in [9.17, 15) is 14.7 Å². The maximum absolute atomic E-state index is 12.5. The van der Waals surface area contributed by atoms with Crippen LogP contribution in [0.2, 0.25) is 5.02 Å².